The Morgan fingerprint density at radius 3 is 2.69 bits per heavy atom. The van der Waals surface area contributed by atoms with Gasteiger partial charge in [-0.1, -0.05) is 35.8 Å². The minimum Gasteiger partial charge on any atom is -0.495 e. The lowest BCUT2D eigenvalue weighted by molar-refractivity contribution is -0.131. The summed E-state index contributed by atoms with van der Waals surface area (Å²) in [4.78, 5) is 35.7. The summed E-state index contributed by atoms with van der Waals surface area (Å²) in [6, 6.07) is 7.38. The zero-order valence-corrected chi connectivity index (χ0v) is 23.3. The lowest BCUT2D eigenvalue weighted by Crippen LogP contribution is -2.37. The number of amides is 2. The van der Waals surface area contributed by atoms with Crippen LogP contribution in [0.2, 0.25) is 10.0 Å². The molecule has 2 atom stereocenters. The molecule has 204 valence electrons. The van der Waals surface area contributed by atoms with Crippen LogP contribution in [0.3, 0.4) is 0 Å². The Bertz CT molecular complexity index is 1420. The number of carbonyl (C=O) groups excluding carboxylic acids is 2. The fourth-order valence-electron chi connectivity index (χ4n) is 4.93. The van der Waals surface area contributed by atoms with Crippen LogP contribution in [0, 0.1) is 11.8 Å². The molecule has 3 N–H and O–H groups in total. The number of carbonyl (C=O) groups is 2. The standard InChI is InChI=1S/C28H30Cl2N6O3/c1-4-23(37)32-12-18-13-36(27(38)15-5-6-15)14-21(18)35-28-33-11-17-9-16(7-8-19(17)34-28)24-25(29)20(31-2)10-22(39-3)26(24)30/h4,7-11,15,18,21,31H,1,5-6,12-14H2,2-3H3,(H,32,37)(H,33,34,35)/t18-,21+/m0/s1. The zero-order chi connectivity index (χ0) is 27.7. The van der Waals surface area contributed by atoms with Crippen molar-refractivity contribution in [3.63, 3.8) is 0 Å². The molecule has 2 heterocycles. The van der Waals surface area contributed by atoms with Crippen molar-refractivity contribution in [3.8, 4) is 16.9 Å². The van der Waals surface area contributed by atoms with Crippen molar-refractivity contribution >= 4 is 57.6 Å². The minimum atomic E-state index is -0.239. The first-order chi connectivity index (χ1) is 18.8. The number of benzene rings is 2. The summed E-state index contributed by atoms with van der Waals surface area (Å²) in [6.07, 6.45) is 4.88. The number of nitrogens with one attached hydrogen (secondary N) is 3. The van der Waals surface area contributed by atoms with Crippen LogP contribution in [-0.4, -0.2) is 66.5 Å². The number of likely N-dealkylation sites (tertiary alicyclic amines) is 1. The largest absolute Gasteiger partial charge is 0.495 e. The summed E-state index contributed by atoms with van der Waals surface area (Å²) in [7, 11) is 3.34. The van der Waals surface area contributed by atoms with E-state index in [0.29, 0.717) is 52.6 Å². The number of hydrogen-bond acceptors (Lipinski definition) is 7. The second-order valence-corrected chi connectivity index (χ2v) is 10.6. The van der Waals surface area contributed by atoms with E-state index in [1.54, 1.807) is 26.4 Å². The highest BCUT2D eigenvalue weighted by atomic mass is 35.5. The van der Waals surface area contributed by atoms with Crippen molar-refractivity contribution in [2.45, 2.75) is 18.9 Å². The molecule has 1 saturated heterocycles. The molecule has 0 radical (unpaired) electrons. The number of nitrogens with zero attached hydrogens (tertiary/aromatic N) is 3. The average Bonchev–Trinajstić information content (AvgIpc) is 3.72. The Labute approximate surface area is 236 Å². The molecule has 39 heavy (non-hydrogen) atoms. The summed E-state index contributed by atoms with van der Waals surface area (Å²) in [5.74, 6) is 1.06. The molecule has 0 unspecified atom stereocenters. The van der Waals surface area contributed by atoms with E-state index in [9.17, 15) is 9.59 Å². The van der Waals surface area contributed by atoms with Crippen molar-refractivity contribution < 1.29 is 14.3 Å². The first-order valence-electron chi connectivity index (χ1n) is 12.8. The second-order valence-electron chi connectivity index (χ2n) is 9.82. The molecule has 0 spiro atoms. The molecule has 2 aliphatic rings. The van der Waals surface area contributed by atoms with Gasteiger partial charge >= 0.3 is 0 Å². The lowest BCUT2D eigenvalue weighted by Gasteiger charge is -2.20. The van der Waals surface area contributed by atoms with Gasteiger partial charge in [-0.2, -0.15) is 0 Å². The van der Waals surface area contributed by atoms with Crippen LogP contribution in [0.25, 0.3) is 22.0 Å². The van der Waals surface area contributed by atoms with E-state index >= 15 is 0 Å². The summed E-state index contributed by atoms with van der Waals surface area (Å²) in [5.41, 5.74) is 2.90. The maximum Gasteiger partial charge on any atom is 0.243 e. The fourth-order valence-corrected chi connectivity index (χ4v) is 5.67. The molecule has 1 saturated carbocycles. The average molecular weight is 569 g/mol. The molecule has 0 bridgehead atoms. The number of fused-ring (bicyclic) bond motifs is 1. The molecule has 9 nitrogen and oxygen atoms in total. The van der Waals surface area contributed by atoms with Crippen LogP contribution in [0.4, 0.5) is 11.6 Å². The van der Waals surface area contributed by atoms with Gasteiger partial charge in [0, 0.05) is 61.7 Å². The lowest BCUT2D eigenvalue weighted by atomic mass is 10.0. The van der Waals surface area contributed by atoms with Gasteiger partial charge < -0.3 is 25.6 Å². The van der Waals surface area contributed by atoms with Crippen LogP contribution < -0.4 is 20.7 Å². The van der Waals surface area contributed by atoms with Crippen LogP contribution in [0.1, 0.15) is 12.8 Å². The van der Waals surface area contributed by atoms with Gasteiger partial charge in [-0.15, -0.1) is 0 Å². The predicted molar refractivity (Wildman–Crippen MR) is 155 cm³/mol. The summed E-state index contributed by atoms with van der Waals surface area (Å²) < 4.78 is 5.44. The van der Waals surface area contributed by atoms with Gasteiger partial charge in [0.05, 0.1) is 34.4 Å². The maximum atomic E-state index is 12.7. The predicted octanol–water partition coefficient (Wildman–Crippen LogP) is 4.61. The molecule has 2 amide bonds. The molecule has 2 fully saturated rings. The Hall–Kier alpha value is -3.56. The molecular weight excluding hydrogens is 539 g/mol. The van der Waals surface area contributed by atoms with E-state index in [4.69, 9.17) is 32.9 Å². The van der Waals surface area contributed by atoms with Crippen molar-refractivity contribution in [2.24, 2.45) is 11.8 Å². The number of aromatic nitrogens is 2. The van der Waals surface area contributed by atoms with E-state index in [1.165, 1.54) is 6.08 Å². The Morgan fingerprint density at radius 1 is 1.21 bits per heavy atom. The molecular formula is C28H30Cl2N6O3. The van der Waals surface area contributed by atoms with Crippen molar-refractivity contribution in [2.75, 3.05) is 44.4 Å². The number of hydrogen-bond donors (Lipinski definition) is 3. The number of rotatable bonds is 9. The molecule has 1 aromatic heterocycles. The number of methoxy groups -OCH3 is 1. The van der Waals surface area contributed by atoms with Gasteiger partial charge in [-0.3, -0.25) is 9.59 Å². The maximum absolute atomic E-state index is 12.7. The normalized spacial score (nSPS) is 18.6. The van der Waals surface area contributed by atoms with Crippen molar-refractivity contribution in [1.82, 2.24) is 20.2 Å². The number of halogens is 2. The smallest absolute Gasteiger partial charge is 0.243 e. The van der Waals surface area contributed by atoms with E-state index in [-0.39, 0.29) is 29.7 Å². The van der Waals surface area contributed by atoms with Crippen molar-refractivity contribution in [1.29, 1.82) is 0 Å². The molecule has 11 heteroatoms. The van der Waals surface area contributed by atoms with Gasteiger partial charge in [0.2, 0.25) is 17.8 Å². The first kappa shape index (κ1) is 27.0. The topological polar surface area (TPSA) is 108 Å². The van der Waals surface area contributed by atoms with Gasteiger partial charge in [0.25, 0.3) is 0 Å². The second kappa shape index (κ2) is 11.3. The van der Waals surface area contributed by atoms with Gasteiger partial charge in [0.1, 0.15) is 5.75 Å². The summed E-state index contributed by atoms with van der Waals surface area (Å²) >= 11 is 13.3. The van der Waals surface area contributed by atoms with E-state index in [1.807, 2.05) is 23.1 Å². The Morgan fingerprint density at radius 2 is 2.00 bits per heavy atom. The van der Waals surface area contributed by atoms with E-state index in [2.05, 4.69) is 27.5 Å². The Balaban J connectivity index is 1.39. The van der Waals surface area contributed by atoms with Crippen LogP contribution >= 0.6 is 23.2 Å². The SMILES string of the molecule is C=CC(=O)NC[C@H]1CN(C(=O)C2CC2)C[C@H]1Nc1ncc2cc(-c3c(Cl)c(NC)cc(OC)c3Cl)ccc2n1. The monoisotopic (exact) mass is 568 g/mol. The number of anilines is 2. The van der Waals surface area contributed by atoms with Crippen molar-refractivity contribution in [3.05, 3.63) is 53.2 Å². The molecule has 1 aliphatic heterocycles. The van der Waals surface area contributed by atoms with E-state index < -0.39 is 0 Å². The van der Waals surface area contributed by atoms with Crippen LogP contribution in [-0.2, 0) is 9.59 Å². The zero-order valence-electron chi connectivity index (χ0n) is 21.8. The quantitative estimate of drug-likeness (QED) is 0.323. The molecule has 5 rings (SSSR count). The number of ether oxygens (including phenoxy) is 1. The summed E-state index contributed by atoms with van der Waals surface area (Å²) in [6.45, 7) is 5.03. The van der Waals surface area contributed by atoms with E-state index in [0.717, 1.165) is 29.3 Å². The van der Waals surface area contributed by atoms with Gasteiger partial charge in [-0.05, 0) is 36.6 Å². The third-order valence-electron chi connectivity index (χ3n) is 7.24. The summed E-state index contributed by atoms with van der Waals surface area (Å²) in [5, 5.41) is 11.1. The van der Waals surface area contributed by atoms with Crippen LogP contribution in [0.15, 0.2) is 43.1 Å². The third-order valence-corrected chi connectivity index (χ3v) is 8.01. The molecule has 3 aromatic rings. The first-order valence-corrected chi connectivity index (χ1v) is 13.5. The highest BCUT2D eigenvalue weighted by molar-refractivity contribution is 6.42. The van der Waals surface area contributed by atoms with Gasteiger partial charge in [-0.25, -0.2) is 9.97 Å². The Kier molecular flexibility index (Phi) is 7.81. The van der Waals surface area contributed by atoms with Gasteiger partial charge in [0.15, 0.2) is 0 Å². The minimum absolute atomic E-state index is 0.0111. The van der Waals surface area contributed by atoms with Crippen LogP contribution in [0.5, 0.6) is 5.75 Å². The highest BCUT2D eigenvalue weighted by Crippen LogP contribution is 2.45. The highest BCUT2D eigenvalue weighted by Gasteiger charge is 2.41. The molecule has 1 aliphatic carbocycles. The molecule has 2 aromatic carbocycles. The fraction of sp³-hybridized carbons (Fsp3) is 0.357. The third kappa shape index (κ3) is 5.60.